The van der Waals surface area contributed by atoms with E-state index in [0.29, 0.717) is 50.8 Å². The van der Waals surface area contributed by atoms with Gasteiger partial charge >= 0.3 is 0 Å². The van der Waals surface area contributed by atoms with E-state index in [4.69, 9.17) is 9.47 Å². The summed E-state index contributed by atoms with van der Waals surface area (Å²) in [7, 11) is -3.70. The van der Waals surface area contributed by atoms with Gasteiger partial charge in [-0.15, -0.1) is 0 Å². The first-order valence-electron chi connectivity index (χ1n) is 11.3. The number of hydrogen-bond donors (Lipinski definition) is 1. The Balaban J connectivity index is 1.88. The number of anilines is 2. The number of ether oxygens (including phenoxy) is 2. The van der Waals surface area contributed by atoms with Crippen LogP contribution in [0.5, 0.6) is 5.75 Å². The van der Waals surface area contributed by atoms with E-state index in [9.17, 15) is 13.2 Å². The van der Waals surface area contributed by atoms with Crippen LogP contribution in [-0.2, 0) is 19.6 Å². The van der Waals surface area contributed by atoms with E-state index in [1.807, 2.05) is 39.0 Å². The van der Waals surface area contributed by atoms with Gasteiger partial charge in [-0.25, -0.2) is 8.42 Å². The number of nitrogens with one attached hydrogen (secondary N) is 1. The predicted molar refractivity (Wildman–Crippen MR) is 129 cm³/mol. The smallest absolute Gasteiger partial charge is 0.265 e. The van der Waals surface area contributed by atoms with E-state index in [-0.39, 0.29) is 10.8 Å². The minimum Gasteiger partial charge on any atom is -0.481 e. The van der Waals surface area contributed by atoms with E-state index >= 15 is 0 Å². The zero-order valence-corrected chi connectivity index (χ0v) is 20.5. The molecule has 1 fully saturated rings. The van der Waals surface area contributed by atoms with Crippen LogP contribution in [0, 0.1) is 6.92 Å². The van der Waals surface area contributed by atoms with Crippen LogP contribution in [0.25, 0.3) is 0 Å². The minimum absolute atomic E-state index is 0.142. The molecule has 1 saturated heterocycles. The van der Waals surface area contributed by atoms with Crippen molar-refractivity contribution in [3.05, 3.63) is 48.0 Å². The lowest BCUT2D eigenvalue weighted by molar-refractivity contribution is -0.122. The Kier molecular flexibility index (Phi) is 8.34. The molecule has 1 heterocycles. The first-order valence-corrected chi connectivity index (χ1v) is 12.7. The van der Waals surface area contributed by atoms with Crippen LogP contribution in [0.4, 0.5) is 11.4 Å². The standard InChI is InChI=1S/C24H33N3O5S/c1-5-26(6-2)23-11-10-21(33(29,30)27-12-14-31-15-13-27)17-22(23)25-24(28)19(4)32-20-9-7-8-18(3)16-20/h7-11,16-17,19H,5-6,12-15H2,1-4H3,(H,25,28). The molecule has 0 bridgehead atoms. The van der Waals surface area contributed by atoms with Gasteiger partial charge in [0.1, 0.15) is 5.75 Å². The van der Waals surface area contributed by atoms with Gasteiger partial charge in [0.15, 0.2) is 6.10 Å². The molecule has 1 amide bonds. The summed E-state index contributed by atoms with van der Waals surface area (Å²) in [5.41, 5.74) is 2.24. The van der Waals surface area contributed by atoms with E-state index < -0.39 is 16.1 Å². The highest BCUT2D eigenvalue weighted by Crippen LogP contribution is 2.31. The van der Waals surface area contributed by atoms with Crippen LogP contribution in [0.3, 0.4) is 0 Å². The molecule has 1 N–H and O–H groups in total. The van der Waals surface area contributed by atoms with Crippen molar-refractivity contribution in [2.45, 2.75) is 38.7 Å². The Morgan fingerprint density at radius 3 is 2.48 bits per heavy atom. The minimum atomic E-state index is -3.70. The molecule has 2 aromatic rings. The van der Waals surface area contributed by atoms with Crippen molar-refractivity contribution in [3.63, 3.8) is 0 Å². The molecule has 1 unspecified atom stereocenters. The summed E-state index contributed by atoms with van der Waals surface area (Å²) < 4.78 is 38.9. The van der Waals surface area contributed by atoms with E-state index in [2.05, 4.69) is 10.2 Å². The van der Waals surface area contributed by atoms with Crippen molar-refractivity contribution in [1.82, 2.24) is 4.31 Å². The van der Waals surface area contributed by atoms with Crippen molar-refractivity contribution >= 4 is 27.3 Å². The van der Waals surface area contributed by atoms with Crippen molar-refractivity contribution in [2.75, 3.05) is 49.6 Å². The van der Waals surface area contributed by atoms with Gasteiger partial charge in [-0.2, -0.15) is 4.31 Å². The number of carbonyl (C=O) groups excluding carboxylic acids is 1. The molecular formula is C24H33N3O5S. The summed E-state index contributed by atoms with van der Waals surface area (Å²) in [4.78, 5) is 15.2. The predicted octanol–water partition coefficient (Wildman–Crippen LogP) is 3.27. The number of carbonyl (C=O) groups is 1. The zero-order chi connectivity index (χ0) is 24.0. The van der Waals surface area contributed by atoms with Crippen LogP contribution < -0.4 is 15.0 Å². The monoisotopic (exact) mass is 475 g/mol. The first kappa shape index (κ1) is 25.0. The molecule has 3 rings (SSSR count). The quantitative estimate of drug-likeness (QED) is 0.599. The average molecular weight is 476 g/mol. The van der Waals surface area contributed by atoms with Gasteiger partial charge in [-0.05, 0) is 63.6 Å². The van der Waals surface area contributed by atoms with Crippen LogP contribution in [-0.4, -0.2) is 64.1 Å². The zero-order valence-electron chi connectivity index (χ0n) is 19.7. The van der Waals surface area contributed by atoms with Gasteiger partial charge in [0.05, 0.1) is 29.5 Å². The fourth-order valence-electron chi connectivity index (χ4n) is 3.73. The molecule has 9 heteroatoms. The third kappa shape index (κ3) is 6.04. The molecule has 0 aromatic heterocycles. The number of sulfonamides is 1. The lowest BCUT2D eigenvalue weighted by Gasteiger charge is -2.28. The van der Waals surface area contributed by atoms with Crippen molar-refractivity contribution in [2.24, 2.45) is 0 Å². The molecule has 8 nitrogen and oxygen atoms in total. The van der Waals surface area contributed by atoms with Crippen LogP contribution >= 0.6 is 0 Å². The highest BCUT2D eigenvalue weighted by atomic mass is 32.2. The second-order valence-corrected chi connectivity index (χ2v) is 9.87. The molecule has 1 aliphatic heterocycles. The summed E-state index contributed by atoms with van der Waals surface area (Å²) in [6, 6.07) is 12.4. The van der Waals surface area contributed by atoms with Gasteiger partial charge in [-0.3, -0.25) is 4.79 Å². The summed E-state index contributed by atoms with van der Waals surface area (Å²) in [6.45, 7) is 10.4. The van der Waals surface area contributed by atoms with E-state index in [1.54, 1.807) is 25.1 Å². The van der Waals surface area contributed by atoms with Gasteiger partial charge in [0, 0.05) is 26.2 Å². The van der Waals surface area contributed by atoms with Crippen molar-refractivity contribution in [1.29, 1.82) is 0 Å². The summed E-state index contributed by atoms with van der Waals surface area (Å²) >= 11 is 0. The second kappa shape index (κ2) is 11.0. The topological polar surface area (TPSA) is 88.2 Å². The summed E-state index contributed by atoms with van der Waals surface area (Å²) in [5.74, 6) is 0.246. The average Bonchev–Trinajstić information content (AvgIpc) is 2.81. The first-order chi connectivity index (χ1) is 15.8. The number of rotatable bonds is 9. The molecule has 33 heavy (non-hydrogen) atoms. The maximum Gasteiger partial charge on any atom is 0.265 e. The van der Waals surface area contributed by atoms with Gasteiger partial charge < -0.3 is 19.7 Å². The van der Waals surface area contributed by atoms with E-state index in [0.717, 1.165) is 11.3 Å². The highest BCUT2D eigenvalue weighted by molar-refractivity contribution is 7.89. The summed E-state index contributed by atoms with van der Waals surface area (Å²) in [6.07, 6.45) is -0.768. The fourth-order valence-corrected chi connectivity index (χ4v) is 5.17. The molecule has 0 spiro atoms. The van der Waals surface area contributed by atoms with E-state index in [1.165, 1.54) is 10.4 Å². The van der Waals surface area contributed by atoms with Gasteiger partial charge in [-0.1, -0.05) is 12.1 Å². The maximum absolute atomic E-state index is 13.2. The van der Waals surface area contributed by atoms with Crippen molar-refractivity contribution < 1.29 is 22.7 Å². The lowest BCUT2D eigenvalue weighted by atomic mass is 10.2. The number of nitrogens with zero attached hydrogens (tertiary/aromatic N) is 2. The molecule has 180 valence electrons. The molecular weight excluding hydrogens is 442 g/mol. The van der Waals surface area contributed by atoms with Gasteiger partial charge in [0.25, 0.3) is 5.91 Å². The number of aryl methyl sites for hydroxylation is 1. The Labute approximate surface area is 196 Å². The largest absolute Gasteiger partial charge is 0.481 e. The fraction of sp³-hybridized carbons (Fsp3) is 0.458. The Hall–Kier alpha value is -2.62. The Morgan fingerprint density at radius 2 is 1.85 bits per heavy atom. The normalized spacial score (nSPS) is 15.6. The van der Waals surface area contributed by atoms with Crippen molar-refractivity contribution in [3.8, 4) is 5.75 Å². The highest BCUT2D eigenvalue weighted by Gasteiger charge is 2.28. The molecule has 1 aliphatic rings. The molecule has 0 aliphatic carbocycles. The van der Waals surface area contributed by atoms with Gasteiger partial charge in [0.2, 0.25) is 10.0 Å². The molecule has 2 aromatic carbocycles. The third-order valence-corrected chi connectivity index (χ3v) is 7.50. The number of benzene rings is 2. The van der Waals surface area contributed by atoms with Crippen LogP contribution in [0.1, 0.15) is 26.3 Å². The summed E-state index contributed by atoms with van der Waals surface area (Å²) in [5, 5.41) is 2.90. The Morgan fingerprint density at radius 1 is 1.15 bits per heavy atom. The molecule has 1 atom stereocenters. The second-order valence-electron chi connectivity index (χ2n) is 7.93. The number of amides is 1. The molecule has 0 radical (unpaired) electrons. The number of morpholine rings is 1. The molecule has 0 saturated carbocycles. The number of hydrogen-bond acceptors (Lipinski definition) is 6. The SMILES string of the molecule is CCN(CC)c1ccc(S(=O)(=O)N2CCOCC2)cc1NC(=O)C(C)Oc1cccc(C)c1. The van der Waals surface area contributed by atoms with Crippen LogP contribution in [0.15, 0.2) is 47.4 Å². The van der Waals surface area contributed by atoms with Crippen LogP contribution in [0.2, 0.25) is 0 Å². The third-order valence-electron chi connectivity index (χ3n) is 5.61. The Bertz CT molecular complexity index is 1060. The maximum atomic E-state index is 13.2. The lowest BCUT2D eigenvalue weighted by Crippen LogP contribution is -2.40.